The number of carbonyl (C=O) groups is 1. The van der Waals surface area contributed by atoms with E-state index in [-0.39, 0.29) is 5.91 Å². The minimum atomic E-state index is 0.00683. The molecule has 1 saturated heterocycles. The van der Waals surface area contributed by atoms with Gasteiger partial charge < -0.3 is 4.90 Å². The van der Waals surface area contributed by atoms with Crippen molar-refractivity contribution in [2.45, 2.75) is 26.7 Å². The van der Waals surface area contributed by atoms with Crippen LogP contribution in [-0.2, 0) is 0 Å². The molecule has 1 aromatic heterocycles. The number of pyridine rings is 1. The first-order valence-electron chi connectivity index (χ1n) is 5.99. The van der Waals surface area contributed by atoms with Crippen LogP contribution < -0.4 is 0 Å². The average Bonchev–Trinajstić information content (AvgIpc) is 2.31. The third-order valence-electron chi connectivity index (χ3n) is 3.44. The fraction of sp³-hybridized carbons (Fsp3) is 0.538. The van der Waals surface area contributed by atoms with E-state index in [4.69, 9.17) is 11.6 Å². The van der Waals surface area contributed by atoms with Gasteiger partial charge in [0, 0.05) is 19.3 Å². The Kier molecular flexibility index (Phi) is 3.97. The van der Waals surface area contributed by atoms with Gasteiger partial charge in [0.05, 0.1) is 10.6 Å². The van der Waals surface area contributed by atoms with E-state index in [0.717, 1.165) is 25.9 Å². The molecule has 1 aliphatic rings. The number of hydrogen-bond donors (Lipinski definition) is 0. The maximum Gasteiger partial charge on any atom is 0.256 e. The van der Waals surface area contributed by atoms with E-state index in [0.29, 0.717) is 20.6 Å². The van der Waals surface area contributed by atoms with E-state index in [1.807, 2.05) is 4.90 Å². The van der Waals surface area contributed by atoms with Crippen molar-refractivity contribution in [3.63, 3.8) is 0 Å². The second-order valence-corrected chi connectivity index (χ2v) is 6.64. The van der Waals surface area contributed by atoms with Gasteiger partial charge in [0.2, 0.25) is 0 Å². The van der Waals surface area contributed by atoms with Gasteiger partial charge in [-0.3, -0.25) is 4.79 Å². The highest BCUT2D eigenvalue weighted by Gasteiger charge is 2.29. The van der Waals surface area contributed by atoms with Crippen molar-refractivity contribution in [1.82, 2.24) is 9.88 Å². The maximum atomic E-state index is 12.4. The Morgan fingerprint density at radius 2 is 2.06 bits per heavy atom. The lowest BCUT2D eigenvalue weighted by Gasteiger charge is -2.37. The molecule has 1 fully saturated rings. The van der Waals surface area contributed by atoms with Crippen molar-refractivity contribution >= 4 is 33.4 Å². The predicted octanol–water partition coefficient (Wildman–Crippen LogP) is 3.76. The van der Waals surface area contributed by atoms with Crippen LogP contribution in [0.2, 0.25) is 5.02 Å². The summed E-state index contributed by atoms with van der Waals surface area (Å²) in [5, 5.41) is 0.485. The number of likely N-dealkylation sites (tertiary alicyclic amines) is 1. The van der Waals surface area contributed by atoms with Gasteiger partial charge in [0.15, 0.2) is 0 Å². The van der Waals surface area contributed by atoms with Crippen molar-refractivity contribution in [1.29, 1.82) is 0 Å². The number of rotatable bonds is 1. The van der Waals surface area contributed by atoms with Crippen LogP contribution >= 0.6 is 27.5 Å². The van der Waals surface area contributed by atoms with Crippen molar-refractivity contribution < 1.29 is 4.79 Å². The number of amides is 1. The molecule has 0 aliphatic carbocycles. The Morgan fingerprint density at radius 1 is 1.44 bits per heavy atom. The molecule has 0 N–H and O–H groups in total. The van der Waals surface area contributed by atoms with Crippen molar-refractivity contribution in [3.8, 4) is 0 Å². The predicted molar refractivity (Wildman–Crippen MR) is 75.9 cm³/mol. The summed E-state index contributed by atoms with van der Waals surface area (Å²) in [6, 6.07) is 1.67. The Balaban J connectivity index is 2.15. The van der Waals surface area contributed by atoms with E-state index < -0.39 is 0 Å². The summed E-state index contributed by atoms with van der Waals surface area (Å²) in [6.45, 7) is 6.08. The standard InChI is InChI=1S/C13H16BrClN2O/c1-13(2)3-5-17(6-4-13)12(18)10-7-9(15)8-16-11(10)14/h7-8H,3-6H2,1-2H3. The minimum Gasteiger partial charge on any atom is -0.339 e. The van der Waals surface area contributed by atoms with Crippen LogP contribution in [0.5, 0.6) is 0 Å². The zero-order valence-corrected chi connectivity index (χ0v) is 12.9. The van der Waals surface area contributed by atoms with Crippen LogP contribution in [0.3, 0.4) is 0 Å². The first-order valence-corrected chi connectivity index (χ1v) is 7.16. The van der Waals surface area contributed by atoms with Gasteiger partial charge in [-0.25, -0.2) is 4.98 Å². The van der Waals surface area contributed by atoms with Crippen LogP contribution in [0.25, 0.3) is 0 Å². The number of piperidine rings is 1. The third-order valence-corrected chi connectivity index (χ3v) is 4.28. The zero-order valence-electron chi connectivity index (χ0n) is 10.5. The number of aromatic nitrogens is 1. The fourth-order valence-corrected chi connectivity index (χ4v) is 2.60. The lowest BCUT2D eigenvalue weighted by Crippen LogP contribution is -2.41. The summed E-state index contributed by atoms with van der Waals surface area (Å²) in [5.74, 6) is 0.00683. The topological polar surface area (TPSA) is 33.2 Å². The minimum absolute atomic E-state index is 0.00683. The van der Waals surface area contributed by atoms with Crippen LogP contribution in [0.4, 0.5) is 0 Å². The van der Waals surface area contributed by atoms with E-state index in [1.54, 1.807) is 6.07 Å². The van der Waals surface area contributed by atoms with Crippen LogP contribution in [0.15, 0.2) is 16.9 Å². The molecule has 0 atom stereocenters. The molecule has 1 aliphatic heterocycles. The van der Waals surface area contributed by atoms with Crippen molar-refractivity contribution in [3.05, 3.63) is 27.5 Å². The van der Waals surface area contributed by atoms with E-state index in [9.17, 15) is 4.79 Å². The Bertz CT molecular complexity index is 466. The molecule has 1 aromatic rings. The Labute approximate surface area is 121 Å². The molecule has 0 aromatic carbocycles. The summed E-state index contributed by atoms with van der Waals surface area (Å²) < 4.78 is 0.557. The fourth-order valence-electron chi connectivity index (χ4n) is 2.06. The molecule has 2 heterocycles. The van der Waals surface area contributed by atoms with Gasteiger partial charge in [0.25, 0.3) is 5.91 Å². The summed E-state index contributed by atoms with van der Waals surface area (Å²) in [4.78, 5) is 18.3. The van der Waals surface area contributed by atoms with E-state index in [2.05, 4.69) is 34.8 Å². The van der Waals surface area contributed by atoms with Gasteiger partial charge in [0.1, 0.15) is 4.60 Å². The van der Waals surface area contributed by atoms with Crippen LogP contribution in [0.1, 0.15) is 37.0 Å². The normalized spacial score (nSPS) is 18.8. The maximum absolute atomic E-state index is 12.4. The summed E-state index contributed by atoms with van der Waals surface area (Å²) in [7, 11) is 0. The number of carbonyl (C=O) groups excluding carboxylic acids is 1. The molecule has 5 heteroatoms. The van der Waals surface area contributed by atoms with Gasteiger partial charge in [-0.05, 0) is 40.3 Å². The first kappa shape index (κ1) is 13.8. The average molecular weight is 332 g/mol. The smallest absolute Gasteiger partial charge is 0.256 e. The Morgan fingerprint density at radius 3 is 2.67 bits per heavy atom. The largest absolute Gasteiger partial charge is 0.339 e. The summed E-state index contributed by atoms with van der Waals surface area (Å²) in [6.07, 6.45) is 3.59. The van der Waals surface area contributed by atoms with Gasteiger partial charge in [-0.15, -0.1) is 0 Å². The molecule has 0 saturated carbocycles. The lowest BCUT2D eigenvalue weighted by atomic mass is 9.82. The van der Waals surface area contributed by atoms with E-state index in [1.165, 1.54) is 6.20 Å². The zero-order chi connectivity index (χ0) is 13.3. The summed E-state index contributed by atoms with van der Waals surface area (Å²) in [5.41, 5.74) is 0.878. The summed E-state index contributed by atoms with van der Waals surface area (Å²) >= 11 is 9.19. The Hall–Kier alpha value is -0.610. The van der Waals surface area contributed by atoms with E-state index >= 15 is 0 Å². The molecule has 0 bridgehead atoms. The number of nitrogens with zero attached hydrogens (tertiary/aromatic N) is 2. The number of halogens is 2. The van der Waals surface area contributed by atoms with Gasteiger partial charge in [-0.1, -0.05) is 25.4 Å². The SMILES string of the molecule is CC1(C)CCN(C(=O)c2cc(Cl)cnc2Br)CC1. The highest BCUT2D eigenvalue weighted by molar-refractivity contribution is 9.10. The lowest BCUT2D eigenvalue weighted by molar-refractivity contribution is 0.0629. The van der Waals surface area contributed by atoms with Crippen LogP contribution in [-0.4, -0.2) is 28.9 Å². The quantitative estimate of drug-likeness (QED) is 0.734. The first-order chi connectivity index (χ1) is 8.39. The second-order valence-electron chi connectivity index (χ2n) is 5.45. The molecule has 0 spiro atoms. The molecule has 18 heavy (non-hydrogen) atoms. The monoisotopic (exact) mass is 330 g/mol. The molecule has 1 amide bonds. The molecule has 0 radical (unpaired) electrons. The van der Waals surface area contributed by atoms with Gasteiger partial charge >= 0.3 is 0 Å². The second kappa shape index (κ2) is 5.17. The molecule has 2 rings (SSSR count). The highest BCUT2D eigenvalue weighted by Crippen LogP contribution is 2.31. The molecular formula is C13H16BrClN2O. The molecule has 3 nitrogen and oxygen atoms in total. The number of hydrogen-bond acceptors (Lipinski definition) is 2. The third kappa shape index (κ3) is 3.04. The highest BCUT2D eigenvalue weighted by atomic mass is 79.9. The molecule has 98 valence electrons. The molecule has 0 unspecified atom stereocenters. The van der Waals surface area contributed by atoms with Crippen molar-refractivity contribution in [2.75, 3.05) is 13.1 Å². The van der Waals surface area contributed by atoms with Gasteiger partial charge in [-0.2, -0.15) is 0 Å². The molecular weight excluding hydrogens is 316 g/mol. The van der Waals surface area contributed by atoms with Crippen molar-refractivity contribution in [2.24, 2.45) is 5.41 Å². The van der Waals surface area contributed by atoms with Crippen LogP contribution in [0, 0.1) is 5.41 Å².